The highest BCUT2D eigenvalue weighted by molar-refractivity contribution is 6.35. The van der Waals surface area contributed by atoms with Crippen molar-refractivity contribution in [2.45, 2.75) is 72.6 Å². The second-order valence-corrected chi connectivity index (χ2v) is 8.61. The molecule has 0 aliphatic heterocycles. The van der Waals surface area contributed by atoms with Crippen molar-refractivity contribution < 1.29 is 19.1 Å². The van der Waals surface area contributed by atoms with E-state index in [0.29, 0.717) is 17.9 Å². The molecule has 1 unspecified atom stereocenters. The Labute approximate surface area is 151 Å². The Balaban J connectivity index is 3.55. The smallest absolute Gasteiger partial charge is 0.380 e. The Kier molecular flexibility index (Phi) is 6.44. The number of ether oxygens (including phenoxy) is 2. The van der Waals surface area contributed by atoms with Gasteiger partial charge in [-0.3, -0.25) is 4.79 Å². The molecule has 0 heterocycles. The predicted octanol–water partition coefficient (Wildman–Crippen LogP) is 4.81. The fourth-order valence-electron chi connectivity index (χ4n) is 2.47. The van der Waals surface area contributed by atoms with E-state index in [-0.39, 0.29) is 16.7 Å². The van der Waals surface area contributed by atoms with Gasteiger partial charge in [0.05, 0.1) is 7.11 Å². The number of hydrogen-bond acceptors (Lipinski definition) is 4. The summed E-state index contributed by atoms with van der Waals surface area (Å²) in [4.78, 5) is 24.6. The number of carbonyl (C=O) groups excluding carboxylic acids is 2. The first-order chi connectivity index (χ1) is 11.3. The summed E-state index contributed by atoms with van der Waals surface area (Å²) in [5, 5.41) is 0. The number of ketones is 1. The van der Waals surface area contributed by atoms with Gasteiger partial charge in [0, 0.05) is 17.0 Å². The Hall–Kier alpha value is -1.84. The highest BCUT2D eigenvalue weighted by Gasteiger charge is 2.31. The van der Waals surface area contributed by atoms with Crippen LogP contribution in [0.25, 0.3) is 0 Å². The van der Waals surface area contributed by atoms with Gasteiger partial charge < -0.3 is 9.47 Å². The molecule has 0 aliphatic carbocycles. The minimum Gasteiger partial charge on any atom is -0.497 e. The summed E-state index contributed by atoms with van der Waals surface area (Å²) in [5.74, 6) is -0.444. The van der Waals surface area contributed by atoms with Gasteiger partial charge in [-0.1, -0.05) is 55.4 Å². The lowest BCUT2D eigenvalue weighted by molar-refractivity contribution is -0.149. The van der Waals surface area contributed by atoms with Crippen LogP contribution >= 0.6 is 0 Å². The molecular formula is C21H32O4. The van der Waals surface area contributed by atoms with E-state index in [1.165, 1.54) is 0 Å². The average molecular weight is 348 g/mol. The van der Waals surface area contributed by atoms with Gasteiger partial charge in [0.25, 0.3) is 0 Å². The van der Waals surface area contributed by atoms with Crippen LogP contribution in [0.5, 0.6) is 11.5 Å². The zero-order valence-corrected chi connectivity index (χ0v) is 17.1. The molecule has 0 amide bonds. The van der Waals surface area contributed by atoms with Crippen LogP contribution in [0, 0.1) is 5.92 Å². The van der Waals surface area contributed by atoms with Gasteiger partial charge in [-0.15, -0.1) is 0 Å². The maximum atomic E-state index is 12.4. The molecule has 4 nitrogen and oxygen atoms in total. The van der Waals surface area contributed by atoms with E-state index in [9.17, 15) is 9.59 Å². The molecule has 0 radical (unpaired) electrons. The minimum atomic E-state index is -0.796. The van der Waals surface area contributed by atoms with Crippen molar-refractivity contribution in [3.8, 4) is 11.5 Å². The standard InChI is InChI=1S/C21H32O4/c1-10-13(2)17(22)19(23)25-18-15(20(3,4)5)11-14(24-9)12-16(18)21(6,7)8/h11-13H,10H2,1-9H3. The van der Waals surface area contributed by atoms with Crippen LogP contribution in [0.2, 0.25) is 0 Å². The first-order valence-corrected chi connectivity index (χ1v) is 8.81. The third-order valence-electron chi connectivity index (χ3n) is 4.37. The molecule has 0 aromatic heterocycles. The third kappa shape index (κ3) is 5.07. The molecular weight excluding hydrogens is 316 g/mol. The van der Waals surface area contributed by atoms with Gasteiger partial charge in [0.1, 0.15) is 11.5 Å². The number of esters is 1. The number of carbonyl (C=O) groups is 2. The first kappa shape index (κ1) is 21.2. The molecule has 1 rings (SSSR count). The molecule has 1 aromatic carbocycles. The van der Waals surface area contributed by atoms with Gasteiger partial charge in [-0.25, -0.2) is 4.79 Å². The quantitative estimate of drug-likeness (QED) is 0.435. The SMILES string of the molecule is CCC(C)C(=O)C(=O)Oc1c(C(C)(C)C)cc(OC)cc1C(C)(C)C. The maximum Gasteiger partial charge on any atom is 0.380 e. The van der Waals surface area contributed by atoms with Gasteiger partial charge in [-0.05, 0) is 29.4 Å². The van der Waals surface area contributed by atoms with Crippen molar-refractivity contribution in [3.05, 3.63) is 23.3 Å². The summed E-state index contributed by atoms with van der Waals surface area (Å²) in [7, 11) is 1.62. The zero-order valence-electron chi connectivity index (χ0n) is 17.1. The molecule has 4 heteroatoms. The summed E-state index contributed by atoms with van der Waals surface area (Å²) in [6.45, 7) is 15.9. The fourth-order valence-corrected chi connectivity index (χ4v) is 2.47. The van der Waals surface area contributed by atoms with Crippen molar-refractivity contribution in [1.82, 2.24) is 0 Å². The van der Waals surface area contributed by atoms with Gasteiger partial charge in [0.15, 0.2) is 0 Å². The molecule has 1 atom stereocenters. The second kappa shape index (κ2) is 7.59. The van der Waals surface area contributed by atoms with Crippen LogP contribution in [0.3, 0.4) is 0 Å². The summed E-state index contributed by atoms with van der Waals surface area (Å²) in [5.41, 5.74) is 1.15. The van der Waals surface area contributed by atoms with Gasteiger partial charge >= 0.3 is 5.97 Å². The Morgan fingerprint density at radius 1 is 1.00 bits per heavy atom. The van der Waals surface area contributed by atoms with Crippen LogP contribution in [-0.4, -0.2) is 18.9 Å². The highest BCUT2D eigenvalue weighted by Crippen LogP contribution is 2.42. The second-order valence-electron chi connectivity index (χ2n) is 8.61. The molecule has 0 N–H and O–H groups in total. The van der Waals surface area contributed by atoms with Crippen molar-refractivity contribution in [2.24, 2.45) is 5.92 Å². The normalized spacial score (nSPS) is 13.3. The number of methoxy groups -OCH3 is 1. The molecule has 0 saturated heterocycles. The monoisotopic (exact) mass is 348 g/mol. The van der Waals surface area contributed by atoms with Gasteiger partial charge in [-0.2, -0.15) is 0 Å². The Bertz CT molecular complexity index is 610. The number of hydrogen-bond donors (Lipinski definition) is 0. The van der Waals surface area contributed by atoms with Crippen molar-refractivity contribution in [3.63, 3.8) is 0 Å². The molecule has 1 aromatic rings. The molecule has 0 saturated carbocycles. The number of Topliss-reactive ketones (excluding diaryl/α,β-unsaturated/α-hetero) is 1. The lowest BCUT2D eigenvalue weighted by atomic mass is 9.79. The van der Waals surface area contributed by atoms with Crippen LogP contribution in [0.1, 0.15) is 72.9 Å². The molecule has 0 spiro atoms. The Morgan fingerprint density at radius 2 is 1.44 bits per heavy atom. The van der Waals surface area contributed by atoms with Crippen LogP contribution in [0.15, 0.2) is 12.1 Å². The van der Waals surface area contributed by atoms with E-state index in [1.54, 1.807) is 14.0 Å². The van der Waals surface area contributed by atoms with E-state index in [0.717, 1.165) is 11.1 Å². The van der Waals surface area contributed by atoms with Crippen molar-refractivity contribution in [1.29, 1.82) is 0 Å². The summed E-state index contributed by atoms with van der Waals surface area (Å²) in [6, 6.07) is 3.76. The van der Waals surface area contributed by atoms with Crippen molar-refractivity contribution in [2.75, 3.05) is 7.11 Å². The van der Waals surface area contributed by atoms with E-state index in [2.05, 4.69) is 0 Å². The maximum absolute atomic E-state index is 12.4. The predicted molar refractivity (Wildman–Crippen MR) is 100 cm³/mol. The van der Waals surface area contributed by atoms with Gasteiger partial charge in [0.2, 0.25) is 5.78 Å². The topological polar surface area (TPSA) is 52.6 Å². The molecule has 0 fully saturated rings. The van der Waals surface area contributed by atoms with Crippen molar-refractivity contribution >= 4 is 11.8 Å². The highest BCUT2D eigenvalue weighted by atomic mass is 16.5. The van der Waals surface area contributed by atoms with E-state index in [1.807, 2.05) is 60.6 Å². The zero-order chi connectivity index (χ0) is 19.6. The lowest BCUT2D eigenvalue weighted by Gasteiger charge is -2.29. The molecule has 0 bridgehead atoms. The molecule has 140 valence electrons. The van der Waals surface area contributed by atoms with E-state index < -0.39 is 11.8 Å². The summed E-state index contributed by atoms with van der Waals surface area (Å²) in [6.07, 6.45) is 0.606. The largest absolute Gasteiger partial charge is 0.497 e. The lowest BCUT2D eigenvalue weighted by Crippen LogP contribution is -2.29. The first-order valence-electron chi connectivity index (χ1n) is 8.81. The Morgan fingerprint density at radius 3 is 1.76 bits per heavy atom. The summed E-state index contributed by atoms with van der Waals surface area (Å²) < 4.78 is 11.1. The number of benzene rings is 1. The minimum absolute atomic E-state index is 0.274. The van der Waals surface area contributed by atoms with Crippen LogP contribution in [0.4, 0.5) is 0 Å². The molecule has 0 aliphatic rings. The molecule has 25 heavy (non-hydrogen) atoms. The van der Waals surface area contributed by atoms with Crippen LogP contribution in [-0.2, 0) is 20.4 Å². The average Bonchev–Trinajstić information content (AvgIpc) is 2.51. The number of rotatable bonds is 5. The summed E-state index contributed by atoms with van der Waals surface area (Å²) >= 11 is 0. The van der Waals surface area contributed by atoms with E-state index >= 15 is 0 Å². The fraction of sp³-hybridized carbons (Fsp3) is 0.619. The van der Waals surface area contributed by atoms with E-state index in [4.69, 9.17) is 9.47 Å². The third-order valence-corrected chi connectivity index (χ3v) is 4.37. The van der Waals surface area contributed by atoms with Crippen LogP contribution < -0.4 is 9.47 Å².